The average Bonchev–Trinajstić information content (AvgIpc) is 2.55. The smallest absolute Gasteiger partial charge is 0.324 e. The number of rotatable bonds is 3. The second-order valence-corrected chi connectivity index (χ2v) is 5.90. The topological polar surface area (TPSA) is 71.3 Å². The van der Waals surface area contributed by atoms with Crippen LogP contribution >= 0.6 is 0 Å². The van der Waals surface area contributed by atoms with Crippen molar-refractivity contribution in [1.29, 1.82) is 0 Å². The van der Waals surface area contributed by atoms with Crippen LogP contribution in [0.25, 0.3) is 5.69 Å². The Bertz CT molecular complexity index is 825. The summed E-state index contributed by atoms with van der Waals surface area (Å²) in [7, 11) is 0. The number of nitrogens with zero attached hydrogens (tertiary/aromatic N) is 1. The molecule has 2 heterocycles. The largest absolute Gasteiger partial charge is 0.334 e. The van der Waals surface area contributed by atoms with Crippen molar-refractivity contribution < 1.29 is 9.29 Å². The van der Waals surface area contributed by atoms with Gasteiger partial charge in [-0.05, 0) is 37.6 Å². The summed E-state index contributed by atoms with van der Waals surface area (Å²) in [6.07, 6.45) is 1.00. The summed E-state index contributed by atoms with van der Waals surface area (Å²) < 4.78 is 14.5. The lowest BCUT2D eigenvalue weighted by Crippen LogP contribution is -3.16. The van der Waals surface area contributed by atoms with Crippen LogP contribution in [0.5, 0.6) is 0 Å². The van der Waals surface area contributed by atoms with E-state index in [2.05, 4.69) is 24.1 Å². The number of nitrogens with one attached hydrogen (secondary N) is 3. The number of quaternary nitrogens is 1. The molecule has 0 bridgehead atoms. The molecule has 3 N–H and O–H groups in total. The van der Waals surface area contributed by atoms with Crippen molar-refractivity contribution in [3.8, 4) is 5.69 Å². The van der Waals surface area contributed by atoms with Crippen LogP contribution in [0.15, 0.2) is 33.9 Å². The number of H-pyrrole nitrogens is 1. The number of fused-ring (bicyclic) bond motifs is 1. The van der Waals surface area contributed by atoms with Gasteiger partial charge >= 0.3 is 5.69 Å². The fourth-order valence-corrected chi connectivity index (χ4v) is 2.88. The molecular weight excluding hydrogens is 299 g/mol. The molecule has 2 aromatic rings. The third kappa shape index (κ3) is 2.79. The van der Waals surface area contributed by atoms with E-state index in [4.69, 9.17) is 0 Å². The minimum absolute atomic E-state index is 0.364. The summed E-state index contributed by atoms with van der Waals surface area (Å²) in [5.74, 6) is 0.123. The van der Waals surface area contributed by atoms with Crippen LogP contribution < -0.4 is 21.5 Å². The maximum absolute atomic E-state index is 13.1. The molecule has 3 rings (SSSR count). The van der Waals surface area contributed by atoms with Gasteiger partial charge in [0.05, 0.1) is 11.7 Å². The molecule has 0 aliphatic carbocycles. The Morgan fingerprint density at radius 1 is 1.30 bits per heavy atom. The van der Waals surface area contributed by atoms with Crippen LogP contribution in [0.3, 0.4) is 0 Å². The fourth-order valence-electron chi connectivity index (χ4n) is 2.88. The lowest BCUT2D eigenvalue weighted by atomic mass is 10.1. The molecule has 0 saturated heterocycles. The highest BCUT2D eigenvalue weighted by molar-refractivity contribution is 5.50. The molecule has 122 valence electrons. The third-order valence-electron chi connectivity index (χ3n) is 4.49. The highest BCUT2D eigenvalue weighted by Gasteiger charge is 2.28. The van der Waals surface area contributed by atoms with E-state index in [-0.39, 0.29) is 11.4 Å². The molecule has 7 heteroatoms. The maximum atomic E-state index is 13.1. The number of benzene rings is 1. The maximum Gasteiger partial charge on any atom is 0.334 e. The second-order valence-electron chi connectivity index (χ2n) is 5.90. The Hall–Kier alpha value is -2.41. The third-order valence-corrected chi connectivity index (χ3v) is 4.49. The van der Waals surface area contributed by atoms with E-state index >= 15 is 0 Å². The molecule has 0 fully saturated rings. The summed E-state index contributed by atoms with van der Waals surface area (Å²) in [5, 5.41) is 3.20. The predicted octanol–water partition coefficient (Wildman–Crippen LogP) is 0.231. The van der Waals surface area contributed by atoms with Gasteiger partial charge in [-0.2, -0.15) is 0 Å². The van der Waals surface area contributed by atoms with Crippen molar-refractivity contribution in [2.75, 3.05) is 12.0 Å². The molecule has 1 aromatic carbocycles. The van der Waals surface area contributed by atoms with Gasteiger partial charge < -0.3 is 10.2 Å². The number of anilines is 1. The molecule has 1 unspecified atom stereocenters. The van der Waals surface area contributed by atoms with E-state index in [0.717, 1.165) is 6.42 Å². The highest BCUT2D eigenvalue weighted by Crippen LogP contribution is 2.16. The van der Waals surface area contributed by atoms with Gasteiger partial charge in [0.2, 0.25) is 0 Å². The standard InChI is InChI=1S/C16H19FN4O2/c1-3-10(2)20-8-13-14(18-9-20)21(16(23)19-15(13)22)12-6-4-11(17)5-7-12/h4-7,10,18H,3,8-9H2,1-2H3,(H,19,22,23)/p+1/t10-/m1/s1. The van der Waals surface area contributed by atoms with E-state index in [1.807, 2.05) is 0 Å². The summed E-state index contributed by atoms with van der Waals surface area (Å²) in [4.78, 5) is 28.0. The van der Waals surface area contributed by atoms with E-state index in [1.54, 1.807) is 0 Å². The highest BCUT2D eigenvalue weighted by atomic mass is 19.1. The average molecular weight is 319 g/mol. The van der Waals surface area contributed by atoms with Crippen LogP contribution in [0, 0.1) is 5.82 Å². The van der Waals surface area contributed by atoms with Gasteiger partial charge in [-0.1, -0.05) is 6.92 Å². The monoisotopic (exact) mass is 319 g/mol. The van der Waals surface area contributed by atoms with E-state index in [0.29, 0.717) is 36.3 Å². The van der Waals surface area contributed by atoms with Gasteiger partial charge in [0.15, 0.2) is 6.67 Å². The van der Waals surface area contributed by atoms with Crippen molar-refractivity contribution >= 4 is 5.82 Å². The van der Waals surface area contributed by atoms with Crippen LogP contribution in [0.4, 0.5) is 10.2 Å². The summed E-state index contributed by atoms with van der Waals surface area (Å²) >= 11 is 0. The van der Waals surface area contributed by atoms with Crippen molar-refractivity contribution in [3.63, 3.8) is 0 Å². The number of aromatic nitrogens is 2. The van der Waals surface area contributed by atoms with Gasteiger partial charge in [-0.25, -0.2) is 13.8 Å². The Morgan fingerprint density at radius 2 is 2.00 bits per heavy atom. The van der Waals surface area contributed by atoms with Crippen LogP contribution in [-0.2, 0) is 6.54 Å². The first-order valence-corrected chi connectivity index (χ1v) is 7.74. The van der Waals surface area contributed by atoms with Crippen molar-refractivity contribution in [2.24, 2.45) is 0 Å². The lowest BCUT2D eigenvalue weighted by molar-refractivity contribution is -0.935. The van der Waals surface area contributed by atoms with Crippen LogP contribution in [0.2, 0.25) is 0 Å². The minimum Gasteiger partial charge on any atom is -0.324 e. The van der Waals surface area contributed by atoms with E-state index in [9.17, 15) is 14.0 Å². The Kier molecular flexibility index (Phi) is 4.04. The summed E-state index contributed by atoms with van der Waals surface area (Å²) in [6, 6.07) is 6.02. The van der Waals surface area contributed by atoms with Gasteiger partial charge in [0, 0.05) is 0 Å². The zero-order valence-electron chi connectivity index (χ0n) is 13.1. The molecule has 0 spiro atoms. The van der Waals surface area contributed by atoms with Gasteiger partial charge in [-0.3, -0.25) is 9.78 Å². The van der Waals surface area contributed by atoms with Crippen molar-refractivity contribution in [2.45, 2.75) is 32.9 Å². The lowest BCUT2D eigenvalue weighted by Gasteiger charge is -2.31. The Balaban J connectivity index is 2.12. The van der Waals surface area contributed by atoms with Crippen LogP contribution in [0.1, 0.15) is 25.8 Å². The summed E-state index contributed by atoms with van der Waals surface area (Å²) in [5.41, 5.74) is 0.176. The van der Waals surface area contributed by atoms with E-state index < -0.39 is 5.69 Å². The molecule has 1 aliphatic heterocycles. The zero-order valence-corrected chi connectivity index (χ0v) is 13.1. The van der Waals surface area contributed by atoms with Crippen molar-refractivity contribution in [3.05, 3.63) is 56.5 Å². The quantitative estimate of drug-likeness (QED) is 0.758. The number of halogens is 1. The fraction of sp³-hybridized carbons (Fsp3) is 0.375. The number of aromatic amines is 1. The first kappa shape index (κ1) is 15.5. The Labute approximate surface area is 132 Å². The first-order chi connectivity index (χ1) is 11.0. The normalized spacial score (nSPS) is 18.1. The molecule has 0 radical (unpaired) electrons. The SMILES string of the molecule is CC[C@@H](C)[NH+]1CNc2c(c(=O)[nH]c(=O)n2-c2ccc(F)cc2)C1. The molecule has 1 aliphatic rings. The van der Waals surface area contributed by atoms with Gasteiger partial charge in [0.25, 0.3) is 5.56 Å². The predicted molar refractivity (Wildman–Crippen MR) is 85.5 cm³/mol. The van der Waals surface area contributed by atoms with Crippen LogP contribution in [-0.4, -0.2) is 22.3 Å². The summed E-state index contributed by atoms with van der Waals surface area (Å²) in [6.45, 7) is 5.42. The second kappa shape index (κ2) is 6.00. The number of hydrogen-bond donors (Lipinski definition) is 3. The van der Waals surface area contributed by atoms with E-state index in [1.165, 1.54) is 33.7 Å². The molecular formula is C16H20FN4O2+. The zero-order chi connectivity index (χ0) is 16.6. The minimum atomic E-state index is -0.528. The Morgan fingerprint density at radius 3 is 2.65 bits per heavy atom. The molecule has 23 heavy (non-hydrogen) atoms. The molecule has 1 aromatic heterocycles. The molecule has 6 nitrogen and oxygen atoms in total. The number of hydrogen-bond acceptors (Lipinski definition) is 3. The first-order valence-electron chi connectivity index (χ1n) is 7.74. The van der Waals surface area contributed by atoms with Gasteiger partial charge in [0.1, 0.15) is 23.7 Å². The van der Waals surface area contributed by atoms with Gasteiger partial charge in [-0.15, -0.1) is 0 Å². The molecule has 2 atom stereocenters. The molecule has 0 amide bonds. The molecule has 0 saturated carbocycles. The van der Waals surface area contributed by atoms with Crippen molar-refractivity contribution in [1.82, 2.24) is 9.55 Å².